The first-order valence-corrected chi connectivity index (χ1v) is 19.1. The number of aryl methyl sites for hydroxylation is 1. The van der Waals surface area contributed by atoms with Gasteiger partial charge >= 0.3 is 6.09 Å². The standard InChI is InChI=1S/C35H46N6O9S/c1-5-41-30(43)25-13-9-8-12-24(25)29(38-41)50-23-17-26-28(42)37-35(32(45)39-51(48,49)34(4)14-15-34)18-22(35)11-7-6-10-20(2)16-21(3)27(36-33(46)47)31(44)40(26)19-23/h7-9,11-13,20-23,26-27,36H,5-6,10,14-19H2,1-4H3,(H,37,42)(H,39,45)(H,46,47)/b11-7-/t20-,21-,22-,23-,26+,27+,35-/m1/s1. The highest BCUT2D eigenvalue weighted by atomic mass is 32.2. The number of benzene rings is 1. The van der Waals surface area contributed by atoms with E-state index in [-0.39, 0.29) is 43.3 Å². The van der Waals surface area contributed by atoms with E-state index in [0.29, 0.717) is 36.5 Å². The predicted octanol–water partition coefficient (Wildman–Crippen LogP) is 2.29. The van der Waals surface area contributed by atoms with Gasteiger partial charge in [-0.25, -0.2) is 17.9 Å². The van der Waals surface area contributed by atoms with Crippen LogP contribution in [0.3, 0.4) is 0 Å². The Hall–Kier alpha value is -4.47. The molecule has 51 heavy (non-hydrogen) atoms. The summed E-state index contributed by atoms with van der Waals surface area (Å²) < 4.78 is 35.0. The van der Waals surface area contributed by atoms with Gasteiger partial charge in [0, 0.05) is 18.9 Å². The number of carbonyl (C=O) groups excluding carboxylic acids is 3. The Morgan fingerprint density at radius 2 is 1.82 bits per heavy atom. The fourth-order valence-electron chi connectivity index (χ4n) is 7.39. The van der Waals surface area contributed by atoms with Crippen LogP contribution in [-0.2, 0) is 31.0 Å². The predicted molar refractivity (Wildman–Crippen MR) is 186 cm³/mol. The highest BCUT2D eigenvalue weighted by molar-refractivity contribution is 7.91. The third-order valence-electron chi connectivity index (χ3n) is 10.9. The number of nitrogens with one attached hydrogen (secondary N) is 3. The minimum absolute atomic E-state index is 0.0437. The second-order valence-electron chi connectivity index (χ2n) is 14.9. The Balaban J connectivity index is 1.36. The lowest BCUT2D eigenvalue weighted by Gasteiger charge is -2.32. The van der Waals surface area contributed by atoms with Crippen LogP contribution in [0.2, 0.25) is 0 Å². The van der Waals surface area contributed by atoms with Gasteiger partial charge in [0.15, 0.2) is 0 Å². The molecule has 0 bridgehead atoms. The number of hydrogen-bond acceptors (Lipinski definition) is 9. The van der Waals surface area contributed by atoms with E-state index in [0.717, 1.165) is 6.42 Å². The molecular formula is C35H46N6O9S. The molecule has 2 aromatic rings. The topological polar surface area (TPSA) is 206 Å². The molecule has 2 saturated carbocycles. The Bertz CT molecular complexity index is 1940. The first-order chi connectivity index (χ1) is 24.1. The van der Waals surface area contributed by atoms with Gasteiger partial charge in [-0.3, -0.25) is 23.9 Å². The molecule has 0 unspecified atom stereocenters. The fourth-order valence-corrected chi connectivity index (χ4v) is 8.71. The Kier molecular flexibility index (Phi) is 9.67. The van der Waals surface area contributed by atoms with Gasteiger partial charge in [-0.2, -0.15) is 0 Å². The highest BCUT2D eigenvalue weighted by Gasteiger charge is 2.63. The quantitative estimate of drug-likeness (QED) is 0.306. The number of carbonyl (C=O) groups is 4. The second-order valence-corrected chi connectivity index (χ2v) is 17.1. The van der Waals surface area contributed by atoms with Gasteiger partial charge in [0.2, 0.25) is 27.7 Å². The summed E-state index contributed by atoms with van der Waals surface area (Å²) in [6, 6.07) is 4.43. The number of fused-ring (bicyclic) bond motifs is 3. The molecule has 6 rings (SSSR count). The van der Waals surface area contributed by atoms with Gasteiger partial charge in [0.25, 0.3) is 11.5 Å². The molecule has 1 saturated heterocycles. The Labute approximate surface area is 296 Å². The average molecular weight is 727 g/mol. The molecule has 1 aromatic carbocycles. The van der Waals surface area contributed by atoms with Crippen LogP contribution < -0.4 is 25.7 Å². The zero-order valence-corrected chi connectivity index (χ0v) is 30.1. The van der Waals surface area contributed by atoms with Crippen molar-refractivity contribution in [3.8, 4) is 5.88 Å². The Morgan fingerprint density at radius 3 is 2.49 bits per heavy atom. The summed E-state index contributed by atoms with van der Waals surface area (Å²) >= 11 is 0. The minimum Gasteiger partial charge on any atom is -0.471 e. The van der Waals surface area contributed by atoms with Crippen LogP contribution in [0.5, 0.6) is 5.88 Å². The molecule has 4 aliphatic rings. The minimum atomic E-state index is -4.01. The number of carboxylic acid groups (broad SMARTS) is 1. The van der Waals surface area contributed by atoms with E-state index >= 15 is 0 Å². The van der Waals surface area contributed by atoms with Crippen LogP contribution in [0.4, 0.5) is 4.79 Å². The summed E-state index contributed by atoms with van der Waals surface area (Å²) in [5.74, 6) is -2.82. The number of aromatic nitrogens is 2. The van der Waals surface area contributed by atoms with E-state index in [4.69, 9.17) is 4.74 Å². The molecule has 0 radical (unpaired) electrons. The van der Waals surface area contributed by atoms with Crippen LogP contribution in [0.1, 0.15) is 72.6 Å². The number of amides is 4. The molecule has 4 amide bonds. The monoisotopic (exact) mass is 726 g/mol. The van der Waals surface area contributed by atoms with E-state index in [2.05, 4.69) is 20.5 Å². The van der Waals surface area contributed by atoms with Crippen molar-refractivity contribution >= 4 is 44.6 Å². The SMILES string of the molecule is CCn1nc(O[C@@H]2C[C@H]3C(=O)N[C@]4(C(=O)NS(=O)(=O)C5(C)CC5)C[C@H]4/C=C\CC[C@@H](C)C[C@@H](C)[C@H](NC(=O)O)C(=O)N3C2)c2ccccc2c1=O. The molecule has 0 spiro atoms. The van der Waals surface area contributed by atoms with Crippen LogP contribution in [-0.4, -0.2) is 87.0 Å². The zero-order valence-electron chi connectivity index (χ0n) is 29.3. The number of sulfonamides is 1. The second kappa shape index (κ2) is 13.6. The molecule has 276 valence electrons. The summed E-state index contributed by atoms with van der Waals surface area (Å²) in [6.07, 6.45) is 4.40. The average Bonchev–Trinajstić information content (AvgIpc) is 3.96. The lowest BCUT2D eigenvalue weighted by Crippen LogP contribution is -2.59. The van der Waals surface area contributed by atoms with Gasteiger partial charge in [-0.05, 0) is 76.3 Å². The first-order valence-electron chi connectivity index (χ1n) is 17.6. The van der Waals surface area contributed by atoms with Crippen molar-refractivity contribution in [2.24, 2.45) is 17.8 Å². The third kappa shape index (κ3) is 7.06. The maximum absolute atomic E-state index is 14.4. The van der Waals surface area contributed by atoms with Gasteiger partial charge in [-0.1, -0.05) is 38.1 Å². The van der Waals surface area contributed by atoms with Crippen LogP contribution in [0.25, 0.3) is 10.8 Å². The summed E-state index contributed by atoms with van der Waals surface area (Å²) in [6.45, 7) is 7.30. The number of ether oxygens (including phenoxy) is 1. The molecular weight excluding hydrogens is 680 g/mol. The van der Waals surface area contributed by atoms with Crippen LogP contribution in [0, 0.1) is 17.8 Å². The van der Waals surface area contributed by atoms with Crippen molar-refractivity contribution in [2.45, 2.75) is 108 Å². The zero-order chi connectivity index (χ0) is 36.9. The normalized spacial score (nSPS) is 31.3. The van der Waals surface area contributed by atoms with Crippen molar-refractivity contribution in [2.75, 3.05) is 6.54 Å². The van der Waals surface area contributed by atoms with E-state index in [9.17, 15) is 37.5 Å². The molecule has 3 fully saturated rings. The molecule has 15 nitrogen and oxygen atoms in total. The van der Waals surface area contributed by atoms with Gasteiger partial charge in [-0.15, -0.1) is 5.10 Å². The lowest BCUT2D eigenvalue weighted by atomic mass is 9.88. The van der Waals surface area contributed by atoms with Crippen molar-refractivity contribution in [3.63, 3.8) is 0 Å². The largest absolute Gasteiger partial charge is 0.471 e. The summed E-state index contributed by atoms with van der Waals surface area (Å²) in [5.41, 5.74) is -1.86. The first kappa shape index (κ1) is 36.3. The van der Waals surface area contributed by atoms with Crippen LogP contribution in [0.15, 0.2) is 41.2 Å². The van der Waals surface area contributed by atoms with E-state index < -0.39 is 74.1 Å². The number of hydrogen-bond donors (Lipinski definition) is 4. The smallest absolute Gasteiger partial charge is 0.405 e. The van der Waals surface area contributed by atoms with E-state index in [1.54, 1.807) is 45.0 Å². The van der Waals surface area contributed by atoms with Crippen molar-refractivity contribution in [1.82, 2.24) is 30.0 Å². The highest BCUT2D eigenvalue weighted by Crippen LogP contribution is 2.47. The van der Waals surface area contributed by atoms with E-state index in [1.165, 1.54) is 9.58 Å². The number of rotatable bonds is 7. The van der Waals surface area contributed by atoms with Crippen LogP contribution >= 0.6 is 0 Å². The van der Waals surface area contributed by atoms with Gasteiger partial charge < -0.3 is 25.4 Å². The molecule has 2 aliphatic heterocycles. The van der Waals surface area contributed by atoms with Crippen molar-refractivity contribution < 1.29 is 37.4 Å². The number of nitrogens with zero attached hydrogens (tertiary/aromatic N) is 3. The molecule has 2 aliphatic carbocycles. The van der Waals surface area contributed by atoms with Crippen molar-refractivity contribution in [1.29, 1.82) is 0 Å². The maximum atomic E-state index is 14.4. The summed E-state index contributed by atoms with van der Waals surface area (Å²) in [7, 11) is -4.01. The summed E-state index contributed by atoms with van der Waals surface area (Å²) in [4.78, 5) is 68.7. The molecule has 16 heteroatoms. The molecule has 4 N–H and O–H groups in total. The van der Waals surface area contributed by atoms with Crippen molar-refractivity contribution in [3.05, 3.63) is 46.8 Å². The molecule has 3 heterocycles. The number of allylic oxidation sites excluding steroid dienone is 1. The van der Waals surface area contributed by atoms with Gasteiger partial charge in [0.1, 0.15) is 23.7 Å². The summed E-state index contributed by atoms with van der Waals surface area (Å²) in [5, 5.41) is 20.2. The van der Waals surface area contributed by atoms with E-state index in [1.807, 2.05) is 19.1 Å². The lowest BCUT2D eigenvalue weighted by molar-refractivity contribution is -0.142. The Morgan fingerprint density at radius 1 is 1.12 bits per heavy atom. The molecule has 7 atom stereocenters. The fraction of sp³-hybridized carbons (Fsp3) is 0.600. The maximum Gasteiger partial charge on any atom is 0.405 e. The molecule has 1 aromatic heterocycles. The third-order valence-corrected chi connectivity index (χ3v) is 13.1. The van der Waals surface area contributed by atoms with Gasteiger partial charge in [0.05, 0.1) is 22.1 Å².